The number of fused-ring (bicyclic) bond motifs is 2. The number of benzene rings is 1. The van der Waals surface area contributed by atoms with Crippen LogP contribution in [0.1, 0.15) is 35.1 Å². The van der Waals surface area contributed by atoms with Gasteiger partial charge in [0.1, 0.15) is 5.25 Å². The maximum absolute atomic E-state index is 12.6. The highest BCUT2D eigenvalue weighted by molar-refractivity contribution is 7.90. The molecule has 0 atom stereocenters. The van der Waals surface area contributed by atoms with Gasteiger partial charge in [0.15, 0.2) is 0 Å². The van der Waals surface area contributed by atoms with E-state index in [9.17, 15) is 13.2 Å². The summed E-state index contributed by atoms with van der Waals surface area (Å²) in [6, 6.07) is 1.68. The monoisotopic (exact) mass is 421 g/mol. The fourth-order valence-electron chi connectivity index (χ4n) is 4.84. The van der Waals surface area contributed by atoms with Gasteiger partial charge in [0.25, 0.3) is 0 Å². The minimum absolute atomic E-state index is 0.498. The number of anilines is 1. The average Bonchev–Trinajstić information content (AvgIpc) is 3.17. The van der Waals surface area contributed by atoms with Crippen molar-refractivity contribution in [3.63, 3.8) is 0 Å². The van der Waals surface area contributed by atoms with Crippen LogP contribution in [0, 0.1) is 0 Å². The zero-order valence-electron chi connectivity index (χ0n) is 17.1. The summed E-state index contributed by atoms with van der Waals surface area (Å²) in [5, 5.41) is 2.42. The van der Waals surface area contributed by atoms with E-state index in [-0.39, 0.29) is 0 Å². The Morgan fingerprint density at radius 1 is 1.07 bits per heavy atom. The molecule has 0 radical (unpaired) electrons. The largest absolute Gasteiger partial charge is 0.332 e. The normalized spacial score (nSPS) is 19.8. The summed E-state index contributed by atoms with van der Waals surface area (Å²) in [5.41, 5.74) is 5.93. The number of carbonyl (C=O) groups is 1. The third-order valence-corrected chi connectivity index (χ3v) is 9.05. The van der Waals surface area contributed by atoms with Crippen molar-refractivity contribution in [2.75, 3.05) is 24.6 Å². The highest BCUT2D eigenvalue weighted by Gasteiger charge is 2.39. The van der Waals surface area contributed by atoms with Gasteiger partial charge in [-0.3, -0.25) is 0 Å². The van der Waals surface area contributed by atoms with Gasteiger partial charge in [-0.15, -0.1) is 0 Å². The quantitative estimate of drug-likeness (QED) is 0.717. The van der Waals surface area contributed by atoms with E-state index < -0.39 is 29.4 Å². The topological polar surface area (TPSA) is 78.5 Å². The van der Waals surface area contributed by atoms with Gasteiger partial charge >= 0.3 is 6.03 Å². The Labute approximate surface area is 169 Å². The number of hydrogen-bond donors (Lipinski definition) is 2. The first-order valence-electron chi connectivity index (χ1n) is 10.3. The second-order valence-electron chi connectivity index (χ2n) is 9.71. The maximum Gasteiger partial charge on any atom is 0.332 e. The Morgan fingerprint density at radius 3 is 2.18 bits per heavy atom. The number of amides is 2. The zero-order chi connectivity index (χ0) is 20.1. The molecule has 2 N–H and O–H groups in total. The number of sulfonamides is 1. The molecule has 8 heteroatoms. The minimum Gasteiger partial charge on any atom is -0.307 e. The molecule has 1 aromatic carbocycles. The summed E-state index contributed by atoms with van der Waals surface area (Å²) in [7, 11) is -4.90. The predicted molar refractivity (Wildman–Crippen MR) is 115 cm³/mol. The summed E-state index contributed by atoms with van der Waals surface area (Å²) < 4.78 is 27.5. The van der Waals surface area contributed by atoms with E-state index in [2.05, 4.69) is 40.6 Å². The molecule has 2 amide bonds. The van der Waals surface area contributed by atoms with Crippen LogP contribution < -0.4 is 10.0 Å². The van der Waals surface area contributed by atoms with Crippen molar-refractivity contribution in [3.05, 3.63) is 28.3 Å². The molecule has 1 saturated heterocycles. The van der Waals surface area contributed by atoms with Crippen LogP contribution in [-0.4, -0.2) is 51.9 Å². The maximum atomic E-state index is 12.6. The third-order valence-electron chi connectivity index (χ3n) is 6.01. The van der Waals surface area contributed by atoms with E-state index in [0.29, 0.717) is 13.1 Å². The number of rotatable bonds is 5. The Hall–Kier alpha value is -1.38. The highest BCUT2D eigenvalue weighted by Crippen LogP contribution is 2.38. The van der Waals surface area contributed by atoms with Gasteiger partial charge in [0.2, 0.25) is 10.0 Å². The molecule has 2 aliphatic carbocycles. The summed E-state index contributed by atoms with van der Waals surface area (Å²) in [6.07, 6.45) is 7.20. The fourth-order valence-corrected chi connectivity index (χ4v) is 7.73. The van der Waals surface area contributed by atoms with Crippen LogP contribution in [0.4, 0.5) is 10.5 Å². The van der Waals surface area contributed by atoms with Gasteiger partial charge in [-0.1, -0.05) is 25.7 Å². The number of nitrogens with zero attached hydrogens (tertiary/aromatic N) is 1. The van der Waals surface area contributed by atoms with Gasteiger partial charge in [0, 0.05) is 18.8 Å². The summed E-state index contributed by atoms with van der Waals surface area (Å²) >= 11 is 0. The van der Waals surface area contributed by atoms with Crippen molar-refractivity contribution in [1.29, 1.82) is 0 Å². The lowest BCUT2D eigenvalue weighted by molar-refractivity contribution is 0.212. The molecule has 1 heterocycles. The van der Waals surface area contributed by atoms with Gasteiger partial charge in [-0.2, -0.15) is 0 Å². The van der Waals surface area contributed by atoms with E-state index in [1.54, 1.807) is 0 Å². The van der Waals surface area contributed by atoms with Crippen LogP contribution in [0.25, 0.3) is 0 Å². The Kier molecular flexibility index (Phi) is 5.08. The van der Waals surface area contributed by atoms with Crippen molar-refractivity contribution < 1.29 is 13.2 Å². The lowest BCUT2D eigenvalue weighted by Crippen LogP contribution is -2.61. The van der Waals surface area contributed by atoms with Gasteiger partial charge < -0.3 is 10.2 Å². The molecule has 28 heavy (non-hydrogen) atoms. The molecular formula is C20H31N3O3SSi. The minimum atomic E-state index is -3.65. The lowest BCUT2D eigenvalue weighted by Gasteiger charge is -2.41. The number of aryl methyl sites for hydroxylation is 2. The molecule has 1 aromatic rings. The molecule has 0 spiro atoms. The first-order valence-corrected chi connectivity index (χ1v) is 15.6. The molecular weight excluding hydrogens is 390 g/mol. The van der Waals surface area contributed by atoms with E-state index >= 15 is 0 Å². The molecule has 4 rings (SSSR count). The molecule has 0 bridgehead atoms. The van der Waals surface area contributed by atoms with Crippen LogP contribution in [-0.2, 0) is 35.7 Å². The number of carbonyl (C=O) groups excluding carboxylic acids is 1. The number of likely N-dealkylation sites (tertiary alicyclic amines) is 1. The average molecular weight is 422 g/mol. The van der Waals surface area contributed by atoms with Crippen LogP contribution in [0.2, 0.25) is 19.6 Å². The van der Waals surface area contributed by atoms with Crippen molar-refractivity contribution in [3.8, 4) is 0 Å². The lowest BCUT2D eigenvalue weighted by atomic mass is 9.99. The van der Waals surface area contributed by atoms with Crippen LogP contribution in [0.3, 0.4) is 0 Å². The van der Waals surface area contributed by atoms with E-state index in [0.717, 1.165) is 50.4 Å². The van der Waals surface area contributed by atoms with Crippen molar-refractivity contribution in [2.24, 2.45) is 0 Å². The van der Waals surface area contributed by atoms with Gasteiger partial charge in [0.05, 0.1) is 8.07 Å². The van der Waals surface area contributed by atoms with Gasteiger partial charge in [-0.05, 0) is 66.9 Å². The molecule has 0 aromatic heterocycles. The molecule has 1 fully saturated rings. The van der Waals surface area contributed by atoms with E-state index in [4.69, 9.17) is 0 Å². The Balaban J connectivity index is 1.42. The highest BCUT2D eigenvalue weighted by atomic mass is 32.2. The summed E-state index contributed by atoms with van der Waals surface area (Å²) in [4.78, 5) is 14.8. The SMILES string of the molecule is C[Si](C)(C)CN1CC(S(=O)(=O)NC(=O)Nc2c3c(cc4c2CCC4)CCC3)C1. The van der Waals surface area contributed by atoms with Crippen LogP contribution >= 0.6 is 0 Å². The predicted octanol–water partition coefficient (Wildman–Crippen LogP) is 2.68. The van der Waals surface area contributed by atoms with E-state index in [1.807, 2.05) is 0 Å². The Morgan fingerprint density at radius 2 is 1.64 bits per heavy atom. The first-order chi connectivity index (χ1) is 13.1. The molecule has 0 saturated carbocycles. The summed E-state index contributed by atoms with van der Waals surface area (Å²) in [5.74, 6) is 0. The van der Waals surface area contributed by atoms with Crippen molar-refractivity contribution >= 4 is 29.8 Å². The summed E-state index contributed by atoms with van der Waals surface area (Å²) in [6.45, 7) is 7.86. The smallest absolute Gasteiger partial charge is 0.307 e. The molecule has 0 unspecified atom stereocenters. The number of hydrogen-bond acceptors (Lipinski definition) is 4. The zero-order valence-corrected chi connectivity index (χ0v) is 18.9. The van der Waals surface area contributed by atoms with Crippen LogP contribution in [0.15, 0.2) is 6.07 Å². The first kappa shape index (κ1) is 19.9. The van der Waals surface area contributed by atoms with Gasteiger partial charge in [-0.25, -0.2) is 17.9 Å². The molecule has 1 aliphatic heterocycles. The van der Waals surface area contributed by atoms with Crippen LogP contribution in [0.5, 0.6) is 0 Å². The van der Waals surface area contributed by atoms with Crippen molar-refractivity contribution in [1.82, 2.24) is 9.62 Å². The fraction of sp³-hybridized carbons (Fsp3) is 0.650. The standard InChI is InChI=1S/C20H31N3O3SSi/c1-28(2,3)13-23-11-16(12-23)27(25,26)22-20(24)21-19-17-8-4-6-14(17)10-15-7-5-9-18(15)19/h10,16H,4-9,11-13H2,1-3H3,(H2,21,22,24). The van der Waals surface area contributed by atoms with E-state index in [1.165, 1.54) is 22.3 Å². The second-order valence-corrected chi connectivity index (χ2v) is 17.1. The van der Waals surface area contributed by atoms with Crippen molar-refractivity contribution in [2.45, 2.75) is 63.4 Å². The number of nitrogens with one attached hydrogen (secondary N) is 2. The molecule has 6 nitrogen and oxygen atoms in total. The number of urea groups is 1. The second kappa shape index (κ2) is 7.14. The molecule has 3 aliphatic rings. The Bertz CT molecular complexity index is 870. The third kappa shape index (κ3) is 4.00. The molecule has 154 valence electrons.